The number of hydrogen-bond acceptors (Lipinski definition) is 5. The summed E-state index contributed by atoms with van der Waals surface area (Å²) in [5.74, 6) is -0.845. The van der Waals surface area contributed by atoms with Crippen LogP contribution in [0.2, 0.25) is 0 Å². The van der Waals surface area contributed by atoms with E-state index >= 15 is 0 Å². The van der Waals surface area contributed by atoms with E-state index in [1.807, 2.05) is 27.7 Å². The molecule has 8 heteroatoms. The summed E-state index contributed by atoms with van der Waals surface area (Å²) >= 11 is 0. The minimum absolute atomic E-state index is 0.118. The number of carbonyl (C=O) groups is 3. The van der Waals surface area contributed by atoms with Gasteiger partial charge < -0.3 is 10.6 Å². The van der Waals surface area contributed by atoms with E-state index in [4.69, 9.17) is 0 Å². The molecule has 0 aliphatic rings. The summed E-state index contributed by atoms with van der Waals surface area (Å²) in [5, 5.41) is 16.4. The number of aromatic nitrogens is 1. The number of pyridine rings is 1. The average Bonchev–Trinajstić information content (AvgIpc) is 2.73. The highest BCUT2D eigenvalue weighted by atomic mass is 16.5. The molecule has 1 aromatic rings. The van der Waals surface area contributed by atoms with Gasteiger partial charge in [0, 0.05) is 6.20 Å². The first kappa shape index (κ1) is 26.6. The van der Waals surface area contributed by atoms with Crippen LogP contribution in [0, 0.1) is 23.7 Å². The highest BCUT2D eigenvalue weighted by molar-refractivity contribution is 5.97. The molecular weight excluding hydrogens is 396 g/mol. The first-order valence-electron chi connectivity index (χ1n) is 11.1. The van der Waals surface area contributed by atoms with Crippen LogP contribution in [0.1, 0.15) is 60.8 Å². The van der Waals surface area contributed by atoms with E-state index in [1.54, 1.807) is 24.4 Å². The Bertz CT molecular complexity index is 696. The van der Waals surface area contributed by atoms with Crippen LogP contribution in [0.15, 0.2) is 24.4 Å². The van der Waals surface area contributed by atoms with Gasteiger partial charge in [-0.25, -0.2) is 10.0 Å². The zero-order chi connectivity index (χ0) is 23.6. The molecule has 0 radical (unpaired) electrons. The molecule has 0 aliphatic carbocycles. The number of rotatable bonds is 13. The molecule has 4 atom stereocenters. The van der Waals surface area contributed by atoms with Crippen molar-refractivity contribution in [3.05, 3.63) is 24.4 Å². The SMILES string of the molecule is CC[C@H](C)[C@H](NC(=O)[C@H](CCC(C)C)[C@H](C(C)C)N(O)C=O)C(=O)Nc1ccccn1. The fourth-order valence-electron chi connectivity index (χ4n) is 3.60. The Morgan fingerprint density at radius 2 is 1.81 bits per heavy atom. The standard InChI is InChI=1S/C23H38N4O4/c1-7-17(6)20(23(30)25-19-10-8-9-13-24-19)26-22(29)18(12-11-15(2)3)21(16(4)5)27(31)14-28/h8-10,13-18,20-21,31H,7,11-12H2,1-6H3,(H,26,29)(H,24,25,30)/t17-,18+,20-,21-/m0/s1. The Kier molecular flexibility index (Phi) is 11.2. The molecule has 0 aliphatic heterocycles. The smallest absolute Gasteiger partial charge is 0.248 e. The van der Waals surface area contributed by atoms with Gasteiger partial charge in [-0.15, -0.1) is 0 Å². The van der Waals surface area contributed by atoms with Crippen LogP contribution in [-0.2, 0) is 14.4 Å². The van der Waals surface area contributed by atoms with Gasteiger partial charge in [-0.05, 0) is 36.3 Å². The maximum atomic E-state index is 13.3. The molecule has 0 aromatic carbocycles. The molecule has 0 spiro atoms. The van der Waals surface area contributed by atoms with Crippen molar-refractivity contribution in [3.63, 3.8) is 0 Å². The molecular formula is C23H38N4O4. The van der Waals surface area contributed by atoms with E-state index in [2.05, 4.69) is 29.5 Å². The number of nitrogens with one attached hydrogen (secondary N) is 2. The van der Waals surface area contributed by atoms with Gasteiger partial charge in [-0.2, -0.15) is 0 Å². The summed E-state index contributed by atoms with van der Waals surface area (Å²) in [6, 6.07) is 3.75. The summed E-state index contributed by atoms with van der Waals surface area (Å²) in [5.41, 5.74) is 0. The van der Waals surface area contributed by atoms with Crippen molar-refractivity contribution >= 4 is 24.0 Å². The summed E-state index contributed by atoms with van der Waals surface area (Å²) in [6.07, 6.45) is 3.84. The Morgan fingerprint density at radius 3 is 2.29 bits per heavy atom. The maximum Gasteiger partial charge on any atom is 0.248 e. The summed E-state index contributed by atoms with van der Waals surface area (Å²) in [7, 11) is 0. The average molecular weight is 435 g/mol. The second kappa shape index (κ2) is 13.0. The second-order valence-corrected chi connectivity index (χ2v) is 8.87. The lowest BCUT2D eigenvalue weighted by atomic mass is 9.84. The third kappa shape index (κ3) is 8.28. The van der Waals surface area contributed by atoms with E-state index < -0.39 is 18.0 Å². The van der Waals surface area contributed by atoms with Crippen LogP contribution in [0.25, 0.3) is 0 Å². The first-order chi connectivity index (χ1) is 14.6. The molecule has 3 N–H and O–H groups in total. The number of amides is 3. The molecule has 3 amide bonds. The number of hydrogen-bond donors (Lipinski definition) is 3. The van der Waals surface area contributed by atoms with E-state index in [1.165, 1.54) is 0 Å². The molecule has 1 heterocycles. The molecule has 0 unspecified atom stereocenters. The van der Waals surface area contributed by atoms with E-state index in [0.717, 1.165) is 6.42 Å². The van der Waals surface area contributed by atoms with Crippen molar-refractivity contribution in [1.29, 1.82) is 0 Å². The number of carbonyl (C=O) groups excluding carboxylic acids is 3. The maximum absolute atomic E-state index is 13.3. The predicted octanol–water partition coefficient (Wildman–Crippen LogP) is 3.48. The summed E-state index contributed by atoms with van der Waals surface area (Å²) in [6.45, 7) is 11.7. The Balaban J connectivity index is 3.12. The Labute approximate surface area is 185 Å². The van der Waals surface area contributed by atoms with Crippen molar-refractivity contribution in [2.75, 3.05) is 5.32 Å². The van der Waals surface area contributed by atoms with Crippen molar-refractivity contribution < 1.29 is 19.6 Å². The zero-order valence-corrected chi connectivity index (χ0v) is 19.5. The highest BCUT2D eigenvalue weighted by Crippen LogP contribution is 2.25. The fourth-order valence-corrected chi connectivity index (χ4v) is 3.60. The molecule has 31 heavy (non-hydrogen) atoms. The van der Waals surface area contributed by atoms with Crippen LogP contribution in [0.5, 0.6) is 0 Å². The third-order valence-electron chi connectivity index (χ3n) is 5.61. The largest absolute Gasteiger partial charge is 0.344 e. The summed E-state index contributed by atoms with van der Waals surface area (Å²) in [4.78, 5) is 41.7. The molecule has 8 nitrogen and oxygen atoms in total. The predicted molar refractivity (Wildman–Crippen MR) is 120 cm³/mol. The monoisotopic (exact) mass is 434 g/mol. The molecule has 1 rings (SSSR count). The van der Waals surface area contributed by atoms with Crippen LogP contribution in [0.3, 0.4) is 0 Å². The van der Waals surface area contributed by atoms with Gasteiger partial charge >= 0.3 is 0 Å². The van der Waals surface area contributed by atoms with Gasteiger partial charge in [0.1, 0.15) is 11.9 Å². The van der Waals surface area contributed by atoms with Crippen LogP contribution < -0.4 is 10.6 Å². The molecule has 0 saturated heterocycles. The molecule has 0 fully saturated rings. The minimum Gasteiger partial charge on any atom is -0.344 e. The van der Waals surface area contributed by atoms with Gasteiger partial charge in [0.2, 0.25) is 18.2 Å². The Morgan fingerprint density at radius 1 is 1.13 bits per heavy atom. The van der Waals surface area contributed by atoms with Gasteiger partial charge in [0.05, 0.1) is 12.0 Å². The van der Waals surface area contributed by atoms with Gasteiger partial charge in [0.25, 0.3) is 0 Å². The van der Waals surface area contributed by atoms with E-state index in [9.17, 15) is 19.6 Å². The highest BCUT2D eigenvalue weighted by Gasteiger charge is 2.37. The van der Waals surface area contributed by atoms with Crippen molar-refractivity contribution in [2.24, 2.45) is 23.7 Å². The lowest BCUT2D eigenvalue weighted by Crippen LogP contribution is -2.54. The molecule has 0 saturated carbocycles. The Hall–Kier alpha value is -2.48. The van der Waals surface area contributed by atoms with E-state index in [-0.39, 0.29) is 23.7 Å². The van der Waals surface area contributed by atoms with Crippen LogP contribution in [0.4, 0.5) is 5.82 Å². The van der Waals surface area contributed by atoms with Crippen LogP contribution in [-0.4, -0.2) is 45.6 Å². The zero-order valence-electron chi connectivity index (χ0n) is 19.5. The number of hydroxylamine groups is 2. The van der Waals surface area contributed by atoms with Crippen molar-refractivity contribution in [2.45, 2.75) is 72.9 Å². The molecule has 1 aromatic heterocycles. The normalized spacial score (nSPS) is 15.1. The lowest BCUT2D eigenvalue weighted by molar-refractivity contribution is -0.173. The topological polar surface area (TPSA) is 112 Å². The van der Waals surface area contributed by atoms with Gasteiger partial charge in [0.15, 0.2) is 0 Å². The van der Waals surface area contributed by atoms with Gasteiger partial charge in [-0.1, -0.05) is 60.5 Å². The van der Waals surface area contributed by atoms with Crippen molar-refractivity contribution in [3.8, 4) is 0 Å². The molecule has 174 valence electrons. The summed E-state index contributed by atoms with van der Waals surface area (Å²) < 4.78 is 0. The molecule has 0 bridgehead atoms. The number of anilines is 1. The van der Waals surface area contributed by atoms with E-state index in [0.29, 0.717) is 36.1 Å². The minimum atomic E-state index is -0.766. The van der Waals surface area contributed by atoms with Crippen molar-refractivity contribution in [1.82, 2.24) is 15.4 Å². The third-order valence-corrected chi connectivity index (χ3v) is 5.61. The number of nitrogens with zero attached hydrogens (tertiary/aromatic N) is 2. The fraction of sp³-hybridized carbons (Fsp3) is 0.652. The first-order valence-corrected chi connectivity index (χ1v) is 11.1. The second-order valence-electron chi connectivity index (χ2n) is 8.87. The lowest BCUT2D eigenvalue weighted by Gasteiger charge is -2.34. The van der Waals surface area contributed by atoms with Crippen LogP contribution >= 0.6 is 0 Å². The quantitative estimate of drug-likeness (QED) is 0.250. The van der Waals surface area contributed by atoms with Gasteiger partial charge in [-0.3, -0.25) is 19.6 Å².